The predicted octanol–water partition coefficient (Wildman–Crippen LogP) is 6.57. The first-order valence-electron chi connectivity index (χ1n) is 9.20. The molecule has 2 nitrogen and oxygen atoms in total. The van der Waals surface area contributed by atoms with Crippen molar-refractivity contribution in [3.05, 3.63) is 66.3 Å². The zero-order valence-electron chi connectivity index (χ0n) is 15.1. The van der Waals surface area contributed by atoms with Gasteiger partial charge in [0.25, 0.3) is 0 Å². The SMILES string of the molecule is CC.Clc1ccc2c(c1Br)CCc1cc(Br)cnc1C2=C1CCNCC1. The number of hydrogen-bond donors (Lipinski definition) is 1. The van der Waals surface area contributed by atoms with Gasteiger partial charge in [0.1, 0.15) is 0 Å². The highest BCUT2D eigenvalue weighted by molar-refractivity contribution is 9.10. The zero-order valence-corrected chi connectivity index (χ0v) is 19.1. The molecule has 5 heteroatoms. The summed E-state index contributed by atoms with van der Waals surface area (Å²) in [5.74, 6) is 0. The number of rotatable bonds is 0. The molecule has 1 aliphatic carbocycles. The van der Waals surface area contributed by atoms with Crippen LogP contribution in [0.3, 0.4) is 0 Å². The van der Waals surface area contributed by atoms with Gasteiger partial charge in [-0.3, -0.25) is 4.98 Å². The van der Waals surface area contributed by atoms with E-state index in [0.717, 1.165) is 58.4 Å². The van der Waals surface area contributed by atoms with Crippen LogP contribution in [-0.4, -0.2) is 18.1 Å². The monoisotopic (exact) mass is 496 g/mol. The van der Waals surface area contributed by atoms with E-state index in [9.17, 15) is 0 Å². The van der Waals surface area contributed by atoms with Crippen molar-refractivity contribution in [3.8, 4) is 0 Å². The van der Waals surface area contributed by atoms with Gasteiger partial charge in [-0.2, -0.15) is 0 Å². The highest BCUT2D eigenvalue weighted by Gasteiger charge is 2.25. The third kappa shape index (κ3) is 3.94. The topological polar surface area (TPSA) is 24.9 Å². The van der Waals surface area contributed by atoms with Crippen LogP contribution >= 0.6 is 43.5 Å². The molecule has 0 saturated carbocycles. The van der Waals surface area contributed by atoms with E-state index in [0.29, 0.717) is 0 Å². The highest BCUT2D eigenvalue weighted by atomic mass is 79.9. The zero-order chi connectivity index (χ0) is 18.7. The maximum absolute atomic E-state index is 6.37. The lowest BCUT2D eigenvalue weighted by Gasteiger charge is -2.22. The van der Waals surface area contributed by atoms with E-state index in [2.05, 4.69) is 49.3 Å². The molecular weight excluding hydrogens is 476 g/mol. The summed E-state index contributed by atoms with van der Waals surface area (Å²) in [6.45, 7) is 6.07. The van der Waals surface area contributed by atoms with Crippen molar-refractivity contribution in [3.63, 3.8) is 0 Å². The molecule has 26 heavy (non-hydrogen) atoms. The Labute approximate surface area is 177 Å². The van der Waals surface area contributed by atoms with Gasteiger partial charge in [-0.15, -0.1) is 0 Å². The van der Waals surface area contributed by atoms with Crippen LogP contribution in [0.4, 0.5) is 0 Å². The van der Waals surface area contributed by atoms with Crippen molar-refractivity contribution in [1.29, 1.82) is 0 Å². The number of piperidine rings is 1. The Morgan fingerprint density at radius 3 is 2.50 bits per heavy atom. The molecule has 0 unspecified atom stereocenters. The standard InChI is InChI=1S/C19H17Br2ClN2.C2H6/c20-13-9-12-1-2-15-14(3-4-16(22)18(15)21)17(19(12)24-10-13)11-5-7-23-8-6-11;1-2/h3-4,9-10,23H,1-2,5-8H2;1-2H3. The molecule has 1 N–H and O–H groups in total. The van der Waals surface area contributed by atoms with Gasteiger partial charge >= 0.3 is 0 Å². The number of halogens is 3. The first-order chi connectivity index (χ1) is 12.6. The maximum Gasteiger partial charge on any atom is 0.0740 e. The summed E-state index contributed by atoms with van der Waals surface area (Å²) in [4.78, 5) is 4.81. The Hall–Kier alpha value is -0.680. The number of pyridine rings is 1. The number of fused-ring (bicyclic) bond motifs is 2. The summed E-state index contributed by atoms with van der Waals surface area (Å²) in [6, 6.07) is 6.38. The lowest BCUT2D eigenvalue weighted by Crippen LogP contribution is -2.24. The molecule has 2 heterocycles. The van der Waals surface area contributed by atoms with Gasteiger partial charge in [0.2, 0.25) is 0 Å². The summed E-state index contributed by atoms with van der Waals surface area (Å²) < 4.78 is 2.07. The minimum atomic E-state index is 0.781. The lowest BCUT2D eigenvalue weighted by atomic mass is 9.89. The molecule has 138 valence electrons. The Morgan fingerprint density at radius 1 is 1.04 bits per heavy atom. The van der Waals surface area contributed by atoms with Gasteiger partial charge in [0, 0.05) is 20.7 Å². The highest BCUT2D eigenvalue weighted by Crippen LogP contribution is 2.41. The van der Waals surface area contributed by atoms with Gasteiger partial charge in [-0.25, -0.2) is 0 Å². The van der Waals surface area contributed by atoms with Gasteiger partial charge in [-0.1, -0.05) is 37.1 Å². The van der Waals surface area contributed by atoms with Crippen LogP contribution in [0.15, 0.2) is 38.9 Å². The Morgan fingerprint density at radius 2 is 1.77 bits per heavy atom. The molecular formula is C21H23Br2ClN2. The Bertz CT molecular complexity index is 838. The fourth-order valence-corrected chi connectivity index (χ4v) is 4.79. The minimum Gasteiger partial charge on any atom is -0.316 e. The first-order valence-corrected chi connectivity index (χ1v) is 11.2. The molecule has 4 rings (SSSR count). The average molecular weight is 499 g/mol. The second-order valence-electron chi connectivity index (χ2n) is 6.28. The van der Waals surface area contributed by atoms with Crippen molar-refractivity contribution in [2.75, 3.05) is 13.1 Å². The van der Waals surface area contributed by atoms with E-state index >= 15 is 0 Å². The average Bonchev–Trinajstić information content (AvgIpc) is 2.84. The van der Waals surface area contributed by atoms with Crippen LogP contribution in [-0.2, 0) is 12.8 Å². The molecule has 1 aromatic carbocycles. The first kappa shape index (κ1) is 20.1. The van der Waals surface area contributed by atoms with Gasteiger partial charge in [0.15, 0.2) is 0 Å². The third-order valence-corrected chi connectivity index (χ3v) is 6.72. The molecule has 0 spiro atoms. The summed E-state index contributed by atoms with van der Waals surface area (Å²) in [5, 5.41) is 4.24. The molecule has 0 radical (unpaired) electrons. The predicted molar refractivity (Wildman–Crippen MR) is 118 cm³/mol. The number of nitrogens with one attached hydrogen (secondary N) is 1. The quantitative estimate of drug-likeness (QED) is 0.444. The second kappa shape index (κ2) is 9.01. The molecule has 0 bridgehead atoms. The van der Waals surface area contributed by atoms with E-state index < -0.39 is 0 Å². The minimum absolute atomic E-state index is 0.781. The molecule has 2 aromatic rings. The Kier molecular flexibility index (Phi) is 6.95. The summed E-state index contributed by atoms with van der Waals surface area (Å²) in [6.07, 6.45) is 6.01. The maximum atomic E-state index is 6.37. The molecule has 2 aliphatic rings. The van der Waals surface area contributed by atoms with Crippen molar-refractivity contribution < 1.29 is 0 Å². The largest absolute Gasteiger partial charge is 0.316 e. The summed E-state index contributed by atoms with van der Waals surface area (Å²) >= 11 is 13.7. The van der Waals surface area contributed by atoms with E-state index in [1.807, 2.05) is 26.1 Å². The number of benzene rings is 1. The summed E-state index contributed by atoms with van der Waals surface area (Å²) in [5.41, 5.74) is 7.87. The molecule has 0 amide bonds. The van der Waals surface area contributed by atoms with Crippen molar-refractivity contribution in [2.24, 2.45) is 0 Å². The van der Waals surface area contributed by atoms with Crippen molar-refractivity contribution in [2.45, 2.75) is 39.5 Å². The van der Waals surface area contributed by atoms with Crippen LogP contribution in [0.1, 0.15) is 49.1 Å². The van der Waals surface area contributed by atoms with Crippen LogP contribution in [0.5, 0.6) is 0 Å². The second-order valence-corrected chi connectivity index (χ2v) is 8.39. The number of hydrogen-bond acceptors (Lipinski definition) is 2. The molecule has 1 aliphatic heterocycles. The number of aryl methyl sites for hydroxylation is 1. The van der Waals surface area contributed by atoms with Crippen LogP contribution in [0.25, 0.3) is 5.57 Å². The van der Waals surface area contributed by atoms with Crippen molar-refractivity contribution in [1.82, 2.24) is 10.3 Å². The molecule has 1 aromatic heterocycles. The lowest BCUT2D eigenvalue weighted by molar-refractivity contribution is 0.611. The van der Waals surface area contributed by atoms with Gasteiger partial charge in [-0.05, 0) is 99.5 Å². The smallest absolute Gasteiger partial charge is 0.0740 e. The van der Waals surface area contributed by atoms with Gasteiger partial charge in [0.05, 0.1) is 10.7 Å². The Balaban J connectivity index is 0.000000948. The van der Waals surface area contributed by atoms with Crippen LogP contribution in [0, 0.1) is 0 Å². The van der Waals surface area contributed by atoms with Gasteiger partial charge < -0.3 is 5.32 Å². The molecule has 1 fully saturated rings. The van der Waals surface area contributed by atoms with Crippen LogP contribution in [0.2, 0.25) is 5.02 Å². The fraction of sp³-hybridized carbons (Fsp3) is 0.381. The number of aromatic nitrogens is 1. The van der Waals surface area contributed by atoms with E-state index in [-0.39, 0.29) is 0 Å². The number of nitrogens with zero attached hydrogens (tertiary/aromatic N) is 1. The normalized spacial score (nSPS) is 16.2. The fourth-order valence-electron chi connectivity index (χ4n) is 3.69. The molecule has 0 atom stereocenters. The van der Waals surface area contributed by atoms with Crippen LogP contribution < -0.4 is 5.32 Å². The van der Waals surface area contributed by atoms with E-state index in [4.69, 9.17) is 16.6 Å². The van der Waals surface area contributed by atoms with E-state index in [1.165, 1.54) is 27.8 Å². The third-order valence-electron chi connectivity index (χ3n) is 4.84. The summed E-state index contributed by atoms with van der Waals surface area (Å²) in [7, 11) is 0. The van der Waals surface area contributed by atoms with Crippen molar-refractivity contribution >= 4 is 49.0 Å². The molecule has 1 saturated heterocycles. The van der Waals surface area contributed by atoms with E-state index in [1.54, 1.807) is 0 Å².